The van der Waals surface area contributed by atoms with Crippen molar-refractivity contribution in [2.75, 3.05) is 18.0 Å². The Labute approximate surface area is 89.5 Å². The lowest BCUT2D eigenvalue weighted by Gasteiger charge is -2.27. The topological polar surface area (TPSA) is 38.1 Å². The maximum Gasteiger partial charge on any atom is 0.266 e. The molecule has 0 aliphatic carbocycles. The van der Waals surface area contributed by atoms with E-state index in [1.54, 1.807) is 6.07 Å². The molecule has 1 aromatic rings. The standard InChI is InChI=1S/C11H17N3O/c1-2-14-11(15)7-6-10(12-14)13-8-4-3-5-9-13/h6-7H,2-5,8-9H2,1H3. The Bertz CT molecular complexity index is 380. The van der Waals surface area contributed by atoms with Crippen LogP contribution in [-0.2, 0) is 6.54 Å². The van der Waals surface area contributed by atoms with Gasteiger partial charge < -0.3 is 4.90 Å². The van der Waals surface area contributed by atoms with E-state index in [2.05, 4.69) is 10.00 Å². The Hall–Kier alpha value is -1.32. The molecule has 1 aliphatic heterocycles. The lowest BCUT2D eigenvalue weighted by Crippen LogP contribution is -2.32. The molecule has 0 unspecified atom stereocenters. The minimum Gasteiger partial charge on any atom is -0.355 e. The van der Waals surface area contributed by atoms with Gasteiger partial charge in [-0.25, -0.2) is 4.68 Å². The van der Waals surface area contributed by atoms with Crippen molar-refractivity contribution in [1.82, 2.24) is 9.78 Å². The van der Waals surface area contributed by atoms with Gasteiger partial charge in [-0.1, -0.05) is 0 Å². The number of aromatic nitrogens is 2. The molecule has 1 saturated heterocycles. The second-order valence-corrected chi connectivity index (χ2v) is 3.89. The van der Waals surface area contributed by atoms with E-state index in [0.29, 0.717) is 6.54 Å². The van der Waals surface area contributed by atoms with Gasteiger partial charge in [-0.3, -0.25) is 4.79 Å². The van der Waals surface area contributed by atoms with Crippen LogP contribution in [-0.4, -0.2) is 22.9 Å². The summed E-state index contributed by atoms with van der Waals surface area (Å²) >= 11 is 0. The highest BCUT2D eigenvalue weighted by molar-refractivity contribution is 5.36. The fourth-order valence-electron chi connectivity index (χ4n) is 1.96. The first-order valence-corrected chi connectivity index (χ1v) is 5.64. The van der Waals surface area contributed by atoms with Gasteiger partial charge in [0, 0.05) is 25.7 Å². The van der Waals surface area contributed by atoms with Crippen molar-refractivity contribution in [3.05, 3.63) is 22.5 Å². The van der Waals surface area contributed by atoms with Gasteiger partial charge in [0.05, 0.1) is 0 Å². The fraction of sp³-hybridized carbons (Fsp3) is 0.636. The van der Waals surface area contributed by atoms with Crippen LogP contribution in [0.15, 0.2) is 16.9 Å². The Balaban J connectivity index is 2.23. The summed E-state index contributed by atoms with van der Waals surface area (Å²) in [5.74, 6) is 0.941. The van der Waals surface area contributed by atoms with Gasteiger partial charge >= 0.3 is 0 Å². The lowest BCUT2D eigenvalue weighted by molar-refractivity contribution is 0.552. The van der Waals surface area contributed by atoms with Crippen LogP contribution < -0.4 is 10.5 Å². The first kappa shape index (κ1) is 10.2. The molecule has 0 atom stereocenters. The van der Waals surface area contributed by atoms with Crippen LogP contribution in [0.25, 0.3) is 0 Å². The fourth-order valence-corrected chi connectivity index (χ4v) is 1.96. The number of anilines is 1. The van der Waals surface area contributed by atoms with E-state index < -0.39 is 0 Å². The molecular formula is C11H17N3O. The maximum atomic E-state index is 11.4. The summed E-state index contributed by atoms with van der Waals surface area (Å²) in [5.41, 5.74) is -0.0155. The first-order valence-electron chi connectivity index (χ1n) is 5.64. The smallest absolute Gasteiger partial charge is 0.266 e. The summed E-state index contributed by atoms with van der Waals surface area (Å²) in [6.45, 7) is 4.71. The average molecular weight is 207 g/mol. The highest BCUT2D eigenvalue weighted by atomic mass is 16.1. The third-order valence-corrected chi connectivity index (χ3v) is 2.83. The van der Waals surface area contributed by atoms with Crippen LogP contribution in [0.5, 0.6) is 0 Å². The van der Waals surface area contributed by atoms with E-state index in [4.69, 9.17) is 0 Å². The van der Waals surface area contributed by atoms with Crippen molar-refractivity contribution >= 4 is 5.82 Å². The molecule has 0 saturated carbocycles. The number of aryl methyl sites for hydroxylation is 1. The summed E-state index contributed by atoms with van der Waals surface area (Å²) in [6.07, 6.45) is 3.77. The molecule has 0 spiro atoms. The minimum atomic E-state index is -0.0155. The summed E-state index contributed by atoms with van der Waals surface area (Å²) in [5, 5.41) is 4.34. The van der Waals surface area contributed by atoms with Gasteiger partial charge in [0.1, 0.15) is 5.82 Å². The lowest BCUT2D eigenvalue weighted by atomic mass is 10.1. The number of nitrogens with zero attached hydrogens (tertiary/aromatic N) is 3. The molecule has 0 radical (unpaired) electrons. The second-order valence-electron chi connectivity index (χ2n) is 3.89. The second kappa shape index (κ2) is 4.47. The zero-order valence-electron chi connectivity index (χ0n) is 9.15. The van der Waals surface area contributed by atoms with E-state index in [0.717, 1.165) is 18.9 Å². The van der Waals surface area contributed by atoms with Crippen LogP contribution in [0.3, 0.4) is 0 Å². The summed E-state index contributed by atoms with van der Waals surface area (Å²) in [4.78, 5) is 13.6. The van der Waals surface area contributed by atoms with Gasteiger partial charge in [-0.15, -0.1) is 0 Å². The molecule has 2 rings (SSSR count). The van der Waals surface area contributed by atoms with E-state index in [1.165, 1.54) is 23.9 Å². The summed E-state index contributed by atoms with van der Waals surface area (Å²) in [6, 6.07) is 3.44. The molecule has 1 aromatic heterocycles. The number of rotatable bonds is 2. The Morgan fingerprint density at radius 1 is 1.27 bits per heavy atom. The van der Waals surface area contributed by atoms with Gasteiger partial charge in [-0.05, 0) is 32.3 Å². The minimum absolute atomic E-state index is 0.0155. The van der Waals surface area contributed by atoms with Crippen LogP contribution >= 0.6 is 0 Å². The molecule has 1 aliphatic rings. The molecule has 2 heterocycles. The zero-order valence-corrected chi connectivity index (χ0v) is 9.15. The molecular weight excluding hydrogens is 190 g/mol. The van der Waals surface area contributed by atoms with E-state index in [1.807, 2.05) is 13.0 Å². The highest BCUT2D eigenvalue weighted by Gasteiger charge is 2.12. The van der Waals surface area contributed by atoms with Crippen LogP contribution in [0.1, 0.15) is 26.2 Å². The molecule has 0 bridgehead atoms. The normalized spacial score (nSPS) is 16.7. The van der Waals surface area contributed by atoms with Crippen LogP contribution in [0.2, 0.25) is 0 Å². The summed E-state index contributed by atoms with van der Waals surface area (Å²) < 4.78 is 1.52. The van der Waals surface area contributed by atoms with E-state index in [-0.39, 0.29) is 5.56 Å². The quantitative estimate of drug-likeness (QED) is 0.732. The number of hydrogen-bond acceptors (Lipinski definition) is 3. The van der Waals surface area contributed by atoms with Crippen LogP contribution in [0, 0.1) is 0 Å². The third kappa shape index (κ3) is 2.19. The molecule has 1 fully saturated rings. The predicted molar refractivity (Wildman–Crippen MR) is 60.2 cm³/mol. The van der Waals surface area contributed by atoms with Crippen molar-refractivity contribution in [1.29, 1.82) is 0 Å². The van der Waals surface area contributed by atoms with Crippen molar-refractivity contribution in [2.45, 2.75) is 32.7 Å². The maximum absolute atomic E-state index is 11.4. The Morgan fingerprint density at radius 2 is 2.00 bits per heavy atom. The predicted octanol–water partition coefficient (Wildman–Crippen LogP) is 1.25. The molecule has 4 heteroatoms. The van der Waals surface area contributed by atoms with Gasteiger partial charge in [0.2, 0.25) is 0 Å². The van der Waals surface area contributed by atoms with Gasteiger partial charge in [0.15, 0.2) is 0 Å². The number of piperidine rings is 1. The molecule has 15 heavy (non-hydrogen) atoms. The van der Waals surface area contributed by atoms with E-state index >= 15 is 0 Å². The molecule has 4 nitrogen and oxygen atoms in total. The Kier molecular flexibility index (Phi) is 3.04. The van der Waals surface area contributed by atoms with Crippen LogP contribution in [0.4, 0.5) is 5.82 Å². The molecule has 0 aromatic carbocycles. The van der Waals surface area contributed by atoms with Crippen molar-refractivity contribution in [3.8, 4) is 0 Å². The van der Waals surface area contributed by atoms with Gasteiger partial charge in [-0.2, -0.15) is 5.10 Å². The van der Waals surface area contributed by atoms with Crippen molar-refractivity contribution in [2.24, 2.45) is 0 Å². The Morgan fingerprint density at radius 3 is 2.67 bits per heavy atom. The van der Waals surface area contributed by atoms with Crippen molar-refractivity contribution in [3.63, 3.8) is 0 Å². The zero-order chi connectivity index (χ0) is 10.7. The third-order valence-electron chi connectivity index (χ3n) is 2.83. The molecule has 0 N–H and O–H groups in total. The molecule has 82 valence electrons. The van der Waals surface area contributed by atoms with Crippen molar-refractivity contribution < 1.29 is 0 Å². The molecule has 0 amide bonds. The highest BCUT2D eigenvalue weighted by Crippen LogP contribution is 2.15. The van der Waals surface area contributed by atoms with Gasteiger partial charge in [0.25, 0.3) is 5.56 Å². The van der Waals surface area contributed by atoms with E-state index in [9.17, 15) is 4.79 Å². The largest absolute Gasteiger partial charge is 0.355 e. The average Bonchev–Trinajstić information content (AvgIpc) is 2.31. The summed E-state index contributed by atoms with van der Waals surface area (Å²) in [7, 11) is 0. The number of hydrogen-bond donors (Lipinski definition) is 0. The SMILES string of the molecule is CCn1nc(N2CCCCC2)ccc1=O. The monoisotopic (exact) mass is 207 g/mol. The first-order chi connectivity index (χ1) is 7.31.